The van der Waals surface area contributed by atoms with E-state index in [2.05, 4.69) is 0 Å². The van der Waals surface area contributed by atoms with Crippen molar-refractivity contribution in [3.05, 3.63) is 35.4 Å². The molecule has 1 atom stereocenters. The highest BCUT2D eigenvalue weighted by molar-refractivity contribution is 5.94. The van der Waals surface area contributed by atoms with Gasteiger partial charge in [0.15, 0.2) is 0 Å². The Balaban J connectivity index is 0.000000686. The first kappa shape index (κ1) is 13.2. The first-order chi connectivity index (χ1) is 8.22. The summed E-state index contributed by atoms with van der Waals surface area (Å²) in [6, 6.07) is 6.88. The fraction of sp³-hybridized carbons (Fsp3) is 0.385. The van der Waals surface area contributed by atoms with Gasteiger partial charge in [0.1, 0.15) is 0 Å². The number of esters is 2. The molecule has 92 valence electrons. The number of carbonyl (C=O) groups excluding carboxylic acids is 2. The van der Waals surface area contributed by atoms with E-state index in [4.69, 9.17) is 9.47 Å². The van der Waals surface area contributed by atoms with E-state index in [1.54, 1.807) is 31.2 Å². The van der Waals surface area contributed by atoms with Gasteiger partial charge in [-0.2, -0.15) is 0 Å². The first-order valence-corrected chi connectivity index (χ1v) is 5.71. The summed E-state index contributed by atoms with van der Waals surface area (Å²) in [7, 11) is 0. The predicted molar refractivity (Wildman–Crippen MR) is 62.3 cm³/mol. The highest BCUT2D eigenvalue weighted by atomic mass is 16.7. The van der Waals surface area contributed by atoms with Gasteiger partial charge in [-0.05, 0) is 6.07 Å². The van der Waals surface area contributed by atoms with Crippen molar-refractivity contribution in [3.8, 4) is 0 Å². The summed E-state index contributed by atoms with van der Waals surface area (Å²) in [4.78, 5) is 22.4. The van der Waals surface area contributed by atoms with Crippen molar-refractivity contribution in [2.45, 2.75) is 33.5 Å². The van der Waals surface area contributed by atoms with Crippen LogP contribution in [0.5, 0.6) is 0 Å². The molecule has 17 heavy (non-hydrogen) atoms. The molecule has 0 amide bonds. The van der Waals surface area contributed by atoms with Crippen LogP contribution in [0.1, 0.15) is 49.4 Å². The normalized spacial score (nSPS) is 16.4. The Morgan fingerprint density at radius 3 is 2.65 bits per heavy atom. The van der Waals surface area contributed by atoms with E-state index < -0.39 is 12.3 Å². The van der Waals surface area contributed by atoms with Gasteiger partial charge in [0.05, 0.1) is 5.56 Å². The second-order valence-corrected chi connectivity index (χ2v) is 3.17. The minimum Gasteiger partial charge on any atom is -0.421 e. The van der Waals surface area contributed by atoms with Crippen LogP contribution in [0, 0.1) is 0 Å². The largest absolute Gasteiger partial charge is 0.421 e. The van der Waals surface area contributed by atoms with Crippen molar-refractivity contribution in [2.75, 3.05) is 0 Å². The Bertz CT molecular complexity index is 412. The van der Waals surface area contributed by atoms with Gasteiger partial charge in [-0.15, -0.1) is 0 Å². The third-order valence-corrected chi connectivity index (χ3v) is 2.18. The zero-order valence-electron chi connectivity index (χ0n) is 10.2. The molecule has 0 saturated carbocycles. The Morgan fingerprint density at radius 1 is 1.35 bits per heavy atom. The quantitative estimate of drug-likeness (QED) is 0.741. The molecule has 1 aliphatic rings. The summed E-state index contributed by atoms with van der Waals surface area (Å²) in [5, 5.41) is 0. The van der Waals surface area contributed by atoms with Crippen LogP contribution >= 0.6 is 0 Å². The summed E-state index contributed by atoms with van der Waals surface area (Å²) in [5.41, 5.74) is 1.08. The van der Waals surface area contributed by atoms with Gasteiger partial charge in [0.2, 0.25) is 0 Å². The molecule has 0 fully saturated rings. The highest BCUT2D eigenvalue weighted by Crippen LogP contribution is 2.31. The third kappa shape index (κ3) is 2.84. The predicted octanol–water partition coefficient (Wildman–Crippen LogP) is 2.84. The van der Waals surface area contributed by atoms with E-state index in [0.29, 0.717) is 11.1 Å². The Labute approximate surface area is 101 Å². The number of cyclic esters (lactones) is 1. The van der Waals surface area contributed by atoms with Gasteiger partial charge < -0.3 is 9.47 Å². The van der Waals surface area contributed by atoms with E-state index in [1.807, 2.05) is 13.8 Å². The lowest BCUT2D eigenvalue weighted by molar-refractivity contribution is -0.167. The number of rotatable bonds is 2. The lowest BCUT2D eigenvalue weighted by atomic mass is 10.1. The van der Waals surface area contributed by atoms with Crippen LogP contribution in [0.3, 0.4) is 0 Å². The average molecular weight is 236 g/mol. The monoisotopic (exact) mass is 236 g/mol. The van der Waals surface area contributed by atoms with E-state index in [9.17, 15) is 9.59 Å². The van der Waals surface area contributed by atoms with Crippen molar-refractivity contribution in [1.29, 1.82) is 0 Å². The molecule has 0 aromatic heterocycles. The molecular formula is C13H16O4. The fourth-order valence-electron chi connectivity index (χ4n) is 1.40. The maximum absolute atomic E-state index is 11.3. The Morgan fingerprint density at radius 2 is 2.00 bits per heavy atom. The fourth-order valence-corrected chi connectivity index (χ4v) is 1.40. The van der Waals surface area contributed by atoms with Crippen molar-refractivity contribution < 1.29 is 19.1 Å². The molecule has 1 unspecified atom stereocenters. The van der Waals surface area contributed by atoms with E-state index >= 15 is 0 Å². The van der Waals surface area contributed by atoms with Gasteiger partial charge in [-0.25, -0.2) is 4.79 Å². The average Bonchev–Trinajstić information content (AvgIpc) is 2.69. The molecule has 1 aliphatic heterocycles. The molecule has 0 N–H and O–H groups in total. The van der Waals surface area contributed by atoms with Crippen LogP contribution in [0.15, 0.2) is 24.3 Å². The summed E-state index contributed by atoms with van der Waals surface area (Å²) >= 11 is 0. The standard InChI is InChI=1S/C11H10O4.C2H6/c1-2-9(12)14-11-8-6-4-3-5-7(8)10(13)15-11;1-2/h3-6,11H,2H2,1H3;1-2H3. The molecule has 0 aliphatic carbocycles. The molecule has 2 rings (SSSR count). The number of benzene rings is 1. The van der Waals surface area contributed by atoms with Crippen LogP contribution in [-0.2, 0) is 14.3 Å². The number of hydrogen-bond donors (Lipinski definition) is 0. The molecule has 0 bridgehead atoms. The molecule has 0 spiro atoms. The van der Waals surface area contributed by atoms with Crippen LogP contribution in [0.2, 0.25) is 0 Å². The SMILES string of the molecule is CC.CCC(=O)OC1OC(=O)c2ccccc21. The van der Waals surface area contributed by atoms with Gasteiger partial charge >= 0.3 is 11.9 Å². The van der Waals surface area contributed by atoms with Crippen LogP contribution in [0.4, 0.5) is 0 Å². The minimum atomic E-state index is -0.874. The summed E-state index contributed by atoms with van der Waals surface area (Å²) < 4.78 is 9.90. The van der Waals surface area contributed by atoms with E-state index in [0.717, 1.165) is 0 Å². The second-order valence-electron chi connectivity index (χ2n) is 3.17. The van der Waals surface area contributed by atoms with Crippen LogP contribution in [0.25, 0.3) is 0 Å². The zero-order valence-corrected chi connectivity index (χ0v) is 10.2. The van der Waals surface area contributed by atoms with Crippen molar-refractivity contribution in [3.63, 3.8) is 0 Å². The molecule has 0 radical (unpaired) electrons. The second kappa shape index (κ2) is 6.03. The maximum atomic E-state index is 11.3. The lowest BCUT2D eigenvalue weighted by Gasteiger charge is -2.10. The van der Waals surface area contributed by atoms with E-state index in [-0.39, 0.29) is 12.4 Å². The van der Waals surface area contributed by atoms with Crippen LogP contribution < -0.4 is 0 Å². The summed E-state index contributed by atoms with van der Waals surface area (Å²) in [6.45, 7) is 5.69. The molecule has 4 heteroatoms. The number of fused-ring (bicyclic) bond motifs is 1. The number of hydrogen-bond acceptors (Lipinski definition) is 4. The van der Waals surface area contributed by atoms with Crippen molar-refractivity contribution in [1.82, 2.24) is 0 Å². The molecule has 1 aromatic rings. The topological polar surface area (TPSA) is 52.6 Å². The first-order valence-electron chi connectivity index (χ1n) is 5.71. The van der Waals surface area contributed by atoms with Gasteiger partial charge in [-0.3, -0.25) is 4.79 Å². The number of carbonyl (C=O) groups is 2. The summed E-state index contributed by atoms with van der Waals surface area (Å²) in [5.74, 6) is -0.830. The van der Waals surface area contributed by atoms with Gasteiger partial charge in [-0.1, -0.05) is 39.0 Å². The molecule has 0 saturated heterocycles. The Hall–Kier alpha value is -1.84. The highest BCUT2D eigenvalue weighted by Gasteiger charge is 2.32. The van der Waals surface area contributed by atoms with Gasteiger partial charge in [0, 0.05) is 12.0 Å². The minimum absolute atomic E-state index is 0.260. The van der Waals surface area contributed by atoms with E-state index in [1.165, 1.54) is 0 Å². The number of ether oxygens (including phenoxy) is 2. The Kier molecular flexibility index (Phi) is 4.69. The molecule has 1 aromatic carbocycles. The van der Waals surface area contributed by atoms with Crippen molar-refractivity contribution in [2.24, 2.45) is 0 Å². The summed E-state index contributed by atoms with van der Waals surface area (Å²) in [6.07, 6.45) is -0.614. The maximum Gasteiger partial charge on any atom is 0.342 e. The zero-order chi connectivity index (χ0) is 12.8. The smallest absolute Gasteiger partial charge is 0.342 e. The molecular weight excluding hydrogens is 220 g/mol. The molecule has 4 nitrogen and oxygen atoms in total. The molecule has 1 heterocycles. The third-order valence-electron chi connectivity index (χ3n) is 2.18. The van der Waals surface area contributed by atoms with Crippen molar-refractivity contribution >= 4 is 11.9 Å². The van der Waals surface area contributed by atoms with Crippen LogP contribution in [-0.4, -0.2) is 11.9 Å². The lowest BCUT2D eigenvalue weighted by Crippen LogP contribution is -2.10. The van der Waals surface area contributed by atoms with Gasteiger partial charge in [0.25, 0.3) is 6.29 Å².